The van der Waals surface area contributed by atoms with E-state index < -0.39 is 0 Å². The Kier molecular flexibility index (Phi) is 12.7. The lowest BCUT2D eigenvalue weighted by Gasteiger charge is -2.29. The highest BCUT2D eigenvalue weighted by atomic mass is 32.1. The minimum Gasteiger partial charge on any atom is -0.306 e. The first-order valence-corrected chi connectivity index (χ1v) is 21.1. The molecule has 10 heteroatoms. The van der Waals surface area contributed by atoms with Crippen molar-refractivity contribution in [3.8, 4) is 45.2 Å². The number of benzene rings is 2. The Morgan fingerprint density at radius 1 is 0.536 bits per heavy atom. The molecular weight excluding hydrogens is 733 g/mol. The van der Waals surface area contributed by atoms with Crippen LogP contribution in [0.4, 0.5) is 0 Å². The molecule has 0 fully saturated rings. The van der Waals surface area contributed by atoms with Crippen LogP contribution in [0.15, 0.2) is 71.8 Å². The number of amides is 2. The third-order valence-electron chi connectivity index (χ3n) is 10.9. The maximum atomic E-state index is 15.1. The zero-order valence-corrected chi connectivity index (χ0v) is 33.9. The maximum Gasteiger partial charge on any atom is 0.261 e. The Morgan fingerprint density at radius 2 is 0.911 bits per heavy atom. The summed E-state index contributed by atoms with van der Waals surface area (Å²) >= 11 is 2.95. The molecule has 8 nitrogen and oxygen atoms in total. The molecule has 6 rings (SSSR count). The van der Waals surface area contributed by atoms with Crippen molar-refractivity contribution in [2.75, 3.05) is 13.1 Å². The number of hydrogen-bond donors (Lipinski definition) is 0. The van der Waals surface area contributed by atoms with Gasteiger partial charge in [0.1, 0.15) is 24.3 Å². The first-order chi connectivity index (χ1) is 27.2. The summed E-state index contributed by atoms with van der Waals surface area (Å²) in [5.41, 5.74) is 4.95. The van der Waals surface area contributed by atoms with Crippen LogP contribution in [0.5, 0.6) is 0 Å². The lowest BCUT2D eigenvalue weighted by atomic mass is 9.98. The standard InChI is InChI=1S/C46H44N6O2S2/c1-5-9-11-29(7-3)27-51-43(39-19-17-37(55-39)31-13-15-33(23-47)35(21-31)25-49)41-42(45(51)53)44(52(46(41)54)28-30(8-4)12-10-6-2)40-20-18-38(56-40)32-14-16-34(24-48)36(22-32)26-50/h13-22,29-30H,5-12,27-28H2,1-4H3. The van der Waals surface area contributed by atoms with Crippen molar-refractivity contribution in [1.82, 2.24) is 9.80 Å². The fourth-order valence-electron chi connectivity index (χ4n) is 7.62. The molecule has 0 aliphatic carbocycles. The van der Waals surface area contributed by atoms with Gasteiger partial charge in [-0.3, -0.25) is 9.59 Å². The third-order valence-corrected chi connectivity index (χ3v) is 13.2. The first kappa shape index (κ1) is 39.9. The summed E-state index contributed by atoms with van der Waals surface area (Å²) in [5, 5.41) is 38.5. The maximum absolute atomic E-state index is 15.1. The van der Waals surface area contributed by atoms with Gasteiger partial charge in [0.05, 0.1) is 54.5 Å². The SMILES string of the molecule is CCCCC(CC)CN1C(=O)C2=C(c3ccc(-c4ccc(C#N)c(C#N)c4)s3)N(CC(CC)CCCC)C(=O)C2=C1c1ccc(-c2ccc(C#N)c(C#N)c2)s1. The van der Waals surface area contributed by atoms with Crippen molar-refractivity contribution >= 4 is 45.9 Å². The molecule has 2 aromatic heterocycles. The second kappa shape index (κ2) is 17.8. The predicted octanol–water partition coefficient (Wildman–Crippen LogP) is 10.9. The molecule has 0 saturated carbocycles. The van der Waals surface area contributed by atoms with Gasteiger partial charge in [-0.25, -0.2) is 0 Å². The zero-order valence-electron chi connectivity index (χ0n) is 32.3. The number of nitrogens with zero attached hydrogens (tertiary/aromatic N) is 6. The fraction of sp³-hybridized carbons (Fsp3) is 0.348. The van der Waals surface area contributed by atoms with Crippen LogP contribution in [-0.2, 0) is 9.59 Å². The van der Waals surface area contributed by atoms with Crippen LogP contribution in [0, 0.1) is 57.2 Å². The number of carbonyl (C=O) groups excluding carboxylic acids is 2. The van der Waals surface area contributed by atoms with Gasteiger partial charge in [0.25, 0.3) is 11.8 Å². The van der Waals surface area contributed by atoms with E-state index in [1.165, 1.54) is 22.7 Å². The molecule has 56 heavy (non-hydrogen) atoms. The lowest BCUT2D eigenvalue weighted by Crippen LogP contribution is -2.34. The molecule has 2 unspecified atom stereocenters. The van der Waals surface area contributed by atoms with Crippen LogP contribution in [0.25, 0.3) is 32.3 Å². The summed E-state index contributed by atoms with van der Waals surface area (Å²) in [6.45, 7) is 9.63. The highest BCUT2D eigenvalue weighted by molar-refractivity contribution is 7.17. The molecule has 282 valence electrons. The highest BCUT2D eigenvalue weighted by Gasteiger charge is 2.50. The molecule has 2 aliphatic heterocycles. The van der Waals surface area contributed by atoms with Gasteiger partial charge in [-0.15, -0.1) is 22.7 Å². The minimum absolute atomic E-state index is 0.169. The van der Waals surface area contributed by atoms with Crippen molar-refractivity contribution in [3.63, 3.8) is 0 Å². The second-order valence-corrected chi connectivity index (χ2v) is 16.6. The van der Waals surface area contributed by atoms with E-state index in [0.717, 1.165) is 82.0 Å². The number of unbranched alkanes of at least 4 members (excludes halogenated alkanes) is 2. The van der Waals surface area contributed by atoms with Crippen LogP contribution >= 0.6 is 22.7 Å². The van der Waals surface area contributed by atoms with Crippen molar-refractivity contribution in [2.45, 2.75) is 79.1 Å². The summed E-state index contributed by atoms with van der Waals surface area (Å²) < 4.78 is 0. The normalized spacial score (nSPS) is 14.8. The molecule has 2 aliphatic rings. The van der Waals surface area contributed by atoms with Crippen LogP contribution in [0.3, 0.4) is 0 Å². The van der Waals surface area contributed by atoms with Gasteiger partial charge in [0.2, 0.25) is 0 Å². The van der Waals surface area contributed by atoms with Gasteiger partial charge >= 0.3 is 0 Å². The van der Waals surface area contributed by atoms with Gasteiger partial charge in [0, 0.05) is 22.8 Å². The number of nitriles is 4. The van der Waals surface area contributed by atoms with E-state index in [2.05, 4.69) is 52.0 Å². The summed E-state index contributed by atoms with van der Waals surface area (Å²) in [5.74, 6) is 0.157. The topological polar surface area (TPSA) is 136 Å². The van der Waals surface area contributed by atoms with E-state index in [1.54, 1.807) is 24.3 Å². The second-order valence-electron chi connectivity index (χ2n) is 14.4. The Morgan fingerprint density at radius 3 is 1.25 bits per heavy atom. The summed E-state index contributed by atoms with van der Waals surface area (Å²) in [7, 11) is 0. The highest BCUT2D eigenvalue weighted by Crippen LogP contribution is 2.50. The third kappa shape index (κ3) is 7.69. The molecular formula is C46H44N6O2S2. The Labute approximate surface area is 337 Å². The van der Waals surface area contributed by atoms with Gasteiger partial charge in [-0.05, 0) is 84.3 Å². The molecule has 2 aromatic carbocycles. The first-order valence-electron chi connectivity index (χ1n) is 19.5. The van der Waals surface area contributed by atoms with E-state index in [-0.39, 0.29) is 23.7 Å². The van der Waals surface area contributed by atoms with Gasteiger partial charge < -0.3 is 9.80 Å². The van der Waals surface area contributed by atoms with Crippen LogP contribution in [-0.4, -0.2) is 34.7 Å². The van der Waals surface area contributed by atoms with E-state index in [0.29, 0.717) is 57.9 Å². The monoisotopic (exact) mass is 776 g/mol. The quantitative estimate of drug-likeness (QED) is 0.111. The molecule has 0 radical (unpaired) electrons. The summed E-state index contributed by atoms with van der Waals surface area (Å²) in [4.78, 5) is 37.2. The molecule has 0 bridgehead atoms. The van der Waals surface area contributed by atoms with Crippen LogP contribution < -0.4 is 0 Å². The van der Waals surface area contributed by atoms with E-state index >= 15 is 9.59 Å². The van der Waals surface area contributed by atoms with E-state index in [4.69, 9.17) is 0 Å². The number of fused-ring (bicyclic) bond motifs is 1. The molecule has 4 heterocycles. The number of carbonyl (C=O) groups is 2. The van der Waals surface area contributed by atoms with Gasteiger partial charge in [0.15, 0.2) is 0 Å². The van der Waals surface area contributed by atoms with Gasteiger partial charge in [-0.2, -0.15) is 21.0 Å². The van der Waals surface area contributed by atoms with Crippen molar-refractivity contribution in [2.24, 2.45) is 11.8 Å². The largest absolute Gasteiger partial charge is 0.306 e. The molecule has 2 amide bonds. The van der Waals surface area contributed by atoms with E-state index in [1.807, 2.05) is 46.2 Å². The Bertz CT molecular complexity index is 2240. The fourth-order valence-corrected chi connectivity index (χ4v) is 9.75. The molecule has 0 N–H and O–H groups in total. The van der Waals surface area contributed by atoms with Crippen molar-refractivity contribution in [3.05, 3.63) is 104 Å². The molecule has 2 atom stereocenters. The Balaban J connectivity index is 1.54. The number of rotatable bonds is 16. The lowest BCUT2D eigenvalue weighted by molar-refractivity contribution is -0.124. The average Bonchev–Trinajstić information content (AvgIpc) is 4.03. The summed E-state index contributed by atoms with van der Waals surface area (Å²) in [6, 6.07) is 26.7. The van der Waals surface area contributed by atoms with Crippen LogP contribution in [0.1, 0.15) is 111 Å². The Hall–Kier alpha value is -5.78. The minimum atomic E-state index is -0.169. The van der Waals surface area contributed by atoms with Gasteiger partial charge in [-0.1, -0.05) is 78.4 Å². The molecule has 4 aromatic rings. The van der Waals surface area contributed by atoms with Crippen molar-refractivity contribution in [1.29, 1.82) is 21.0 Å². The number of thiophene rings is 2. The zero-order chi connectivity index (χ0) is 39.9. The average molecular weight is 777 g/mol. The van der Waals surface area contributed by atoms with Crippen LogP contribution in [0.2, 0.25) is 0 Å². The van der Waals surface area contributed by atoms with Crippen molar-refractivity contribution < 1.29 is 9.59 Å². The van der Waals surface area contributed by atoms with E-state index in [9.17, 15) is 21.0 Å². The molecule has 0 spiro atoms. The predicted molar refractivity (Wildman–Crippen MR) is 222 cm³/mol. The molecule has 0 saturated heterocycles. The summed E-state index contributed by atoms with van der Waals surface area (Å²) in [6.07, 6.45) is 7.95. The number of hydrogen-bond acceptors (Lipinski definition) is 8. The smallest absolute Gasteiger partial charge is 0.261 e.